The zero-order valence-electron chi connectivity index (χ0n) is 13.7. The lowest BCUT2D eigenvalue weighted by Crippen LogP contribution is -2.33. The molecule has 0 aliphatic rings. The average Bonchev–Trinajstić information content (AvgIpc) is 2.85. The second kappa shape index (κ2) is 6.69. The summed E-state index contributed by atoms with van der Waals surface area (Å²) in [6.45, 7) is 6.35. The number of nitrogens with zero attached hydrogens (tertiary/aromatic N) is 4. The lowest BCUT2D eigenvalue weighted by Gasteiger charge is -2.19. The van der Waals surface area contributed by atoms with Crippen LogP contribution in [0.1, 0.15) is 35.8 Å². The normalized spacial score (nSPS) is 12.9. The first-order valence-corrected chi connectivity index (χ1v) is 9.03. The van der Waals surface area contributed by atoms with Crippen LogP contribution in [0.5, 0.6) is 0 Å². The van der Waals surface area contributed by atoms with Crippen LogP contribution in [-0.2, 0) is 6.54 Å². The van der Waals surface area contributed by atoms with Crippen molar-refractivity contribution in [2.24, 2.45) is 5.92 Å². The Labute approximate surface area is 153 Å². The van der Waals surface area contributed by atoms with Crippen LogP contribution >= 0.6 is 27.5 Å². The molecule has 126 valence electrons. The number of aryl methyl sites for hydroxylation is 1. The van der Waals surface area contributed by atoms with Crippen molar-refractivity contribution in [3.05, 3.63) is 62.9 Å². The average molecular weight is 410 g/mol. The number of halogens is 2. The highest BCUT2D eigenvalue weighted by molar-refractivity contribution is 9.09. The fourth-order valence-electron chi connectivity index (χ4n) is 2.53. The minimum atomic E-state index is -0.237. The van der Waals surface area contributed by atoms with Gasteiger partial charge in [-0.1, -0.05) is 71.7 Å². The lowest BCUT2D eigenvalue weighted by atomic mass is 10.1. The Hall–Kier alpha value is -1.66. The minimum absolute atomic E-state index is 0.0646. The van der Waals surface area contributed by atoms with E-state index in [2.05, 4.69) is 39.9 Å². The monoisotopic (exact) mass is 408 g/mol. The molecule has 24 heavy (non-hydrogen) atoms. The highest BCUT2D eigenvalue weighted by atomic mass is 79.9. The summed E-state index contributed by atoms with van der Waals surface area (Å²) in [6, 6.07) is 9.83. The number of rotatable bonds is 4. The smallest absolute Gasteiger partial charge is 0.275 e. The molecular weight excluding hydrogens is 392 g/mol. The van der Waals surface area contributed by atoms with E-state index in [0.717, 1.165) is 5.56 Å². The summed E-state index contributed by atoms with van der Waals surface area (Å²) in [5.41, 5.74) is 1.79. The van der Waals surface area contributed by atoms with Gasteiger partial charge in [0.25, 0.3) is 0 Å². The van der Waals surface area contributed by atoms with Gasteiger partial charge in [0.2, 0.25) is 0 Å². The number of aromatic nitrogens is 4. The first-order valence-electron chi connectivity index (χ1n) is 7.73. The maximum Gasteiger partial charge on any atom is 0.352 e. The topological polar surface area (TPSA) is 52.2 Å². The van der Waals surface area contributed by atoms with Gasteiger partial charge in [0.15, 0.2) is 5.65 Å². The molecule has 1 atom stereocenters. The standard InChI is InChI=1S/C17H18BrClN4O/c1-10(2)13(18)15-20-16-14(19)11(3)21-23(16)17(24)22(15)9-12-7-5-4-6-8-12/h4-8,10,13H,9H2,1-3H3/t13-/m1/s1. The molecule has 0 unspecified atom stereocenters. The molecule has 7 heteroatoms. The van der Waals surface area contributed by atoms with Gasteiger partial charge >= 0.3 is 5.69 Å². The van der Waals surface area contributed by atoms with Crippen LogP contribution in [-0.4, -0.2) is 19.2 Å². The van der Waals surface area contributed by atoms with Gasteiger partial charge in [-0.2, -0.15) is 9.61 Å². The van der Waals surface area contributed by atoms with Crippen molar-refractivity contribution in [3.63, 3.8) is 0 Å². The minimum Gasteiger partial charge on any atom is -0.275 e. The molecule has 0 saturated heterocycles. The molecule has 0 spiro atoms. The van der Waals surface area contributed by atoms with Crippen molar-refractivity contribution < 1.29 is 0 Å². The molecule has 0 aliphatic carbocycles. The Morgan fingerprint density at radius 1 is 1.25 bits per heavy atom. The third-order valence-electron chi connectivity index (χ3n) is 3.89. The zero-order valence-corrected chi connectivity index (χ0v) is 16.0. The number of alkyl halides is 1. The Balaban J connectivity index is 2.26. The molecule has 2 aromatic heterocycles. The fourth-order valence-corrected chi connectivity index (χ4v) is 3.04. The van der Waals surface area contributed by atoms with Crippen molar-refractivity contribution in [2.45, 2.75) is 32.1 Å². The third-order valence-corrected chi connectivity index (χ3v) is 5.80. The van der Waals surface area contributed by atoms with Crippen molar-refractivity contribution in [1.29, 1.82) is 0 Å². The Bertz CT molecular complexity index is 933. The van der Waals surface area contributed by atoms with Gasteiger partial charge in [-0.3, -0.25) is 4.57 Å². The van der Waals surface area contributed by atoms with Gasteiger partial charge in [-0.25, -0.2) is 9.78 Å². The predicted octanol–water partition coefficient (Wildman–Crippen LogP) is 3.99. The number of fused-ring (bicyclic) bond motifs is 1. The third kappa shape index (κ3) is 3.00. The van der Waals surface area contributed by atoms with Crippen LogP contribution in [0.2, 0.25) is 5.02 Å². The summed E-state index contributed by atoms with van der Waals surface area (Å²) in [6.07, 6.45) is 0. The van der Waals surface area contributed by atoms with Gasteiger partial charge < -0.3 is 0 Å². The molecule has 3 rings (SSSR count). The second-order valence-corrected chi connectivity index (χ2v) is 7.47. The van der Waals surface area contributed by atoms with Gasteiger partial charge in [0, 0.05) is 0 Å². The highest BCUT2D eigenvalue weighted by Gasteiger charge is 2.23. The molecule has 3 aromatic rings. The van der Waals surface area contributed by atoms with E-state index >= 15 is 0 Å². The quantitative estimate of drug-likeness (QED) is 0.612. The lowest BCUT2D eigenvalue weighted by molar-refractivity contribution is 0.546. The van der Waals surface area contributed by atoms with Crippen molar-refractivity contribution in [2.75, 3.05) is 0 Å². The Morgan fingerprint density at radius 3 is 2.54 bits per heavy atom. The number of hydrogen-bond donors (Lipinski definition) is 0. The fraction of sp³-hybridized carbons (Fsp3) is 0.353. The van der Waals surface area contributed by atoms with Gasteiger partial charge in [0.1, 0.15) is 10.8 Å². The van der Waals surface area contributed by atoms with E-state index in [1.165, 1.54) is 4.52 Å². The summed E-state index contributed by atoms with van der Waals surface area (Å²) in [5.74, 6) is 0.928. The van der Waals surface area contributed by atoms with Crippen LogP contribution in [0.15, 0.2) is 35.1 Å². The first-order chi connectivity index (χ1) is 11.4. The van der Waals surface area contributed by atoms with E-state index in [-0.39, 0.29) is 16.4 Å². The van der Waals surface area contributed by atoms with Gasteiger partial charge in [-0.05, 0) is 18.4 Å². The van der Waals surface area contributed by atoms with Crippen LogP contribution < -0.4 is 5.69 Å². The summed E-state index contributed by atoms with van der Waals surface area (Å²) in [7, 11) is 0. The van der Waals surface area contributed by atoms with E-state index in [1.54, 1.807) is 11.5 Å². The molecule has 1 aromatic carbocycles. The van der Waals surface area contributed by atoms with Crippen LogP contribution in [0.25, 0.3) is 5.65 Å². The molecule has 0 aliphatic heterocycles. The zero-order chi connectivity index (χ0) is 17.4. The molecule has 5 nitrogen and oxygen atoms in total. The molecular formula is C17H18BrClN4O. The molecule has 0 radical (unpaired) electrons. The molecule has 0 saturated carbocycles. The van der Waals surface area contributed by atoms with E-state index < -0.39 is 0 Å². The maximum atomic E-state index is 13.0. The highest BCUT2D eigenvalue weighted by Crippen LogP contribution is 2.30. The van der Waals surface area contributed by atoms with Crippen LogP contribution in [0.4, 0.5) is 0 Å². The molecule has 0 bridgehead atoms. The summed E-state index contributed by atoms with van der Waals surface area (Å²) >= 11 is 9.94. The van der Waals surface area contributed by atoms with Gasteiger partial charge in [0.05, 0.1) is 17.1 Å². The summed E-state index contributed by atoms with van der Waals surface area (Å²) in [4.78, 5) is 17.6. The second-order valence-electron chi connectivity index (χ2n) is 6.10. The van der Waals surface area contributed by atoms with Crippen molar-refractivity contribution >= 4 is 33.2 Å². The molecule has 0 fully saturated rings. The van der Waals surface area contributed by atoms with Crippen molar-refractivity contribution in [3.8, 4) is 0 Å². The largest absolute Gasteiger partial charge is 0.352 e. The van der Waals surface area contributed by atoms with Crippen LogP contribution in [0.3, 0.4) is 0 Å². The summed E-state index contributed by atoms with van der Waals surface area (Å²) in [5, 5.41) is 4.65. The number of hydrogen-bond acceptors (Lipinski definition) is 3. The summed E-state index contributed by atoms with van der Waals surface area (Å²) < 4.78 is 2.94. The Morgan fingerprint density at radius 2 is 1.92 bits per heavy atom. The van der Waals surface area contributed by atoms with Gasteiger partial charge in [-0.15, -0.1) is 0 Å². The van der Waals surface area contributed by atoms with E-state index in [1.807, 2.05) is 30.3 Å². The van der Waals surface area contributed by atoms with E-state index in [0.29, 0.717) is 28.7 Å². The maximum absolute atomic E-state index is 13.0. The first kappa shape index (κ1) is 17.2. The predicted molar refractivity (Wildman–Crippen MR) is 99.0 cm³/mol. The Kier molecular flexibility index (Phi) is 4.78. The molecule has 2 heterocycles. The molecule has 0 amide bonds. The van der Waals surface area contributed by atoms with E-state index in [4.69, 9.17) is 11.6 Å². The number of benzene rings is 1. The van der Waals surface area contributed by atoms with E-state index in [9.17, 15) is 4.79 Å². The van der Waals surface area contributed by atoms with Crippen LogP contribution in [0, 0.1) is 12.8 Å². The molecule has 0 N–H and O–H groups in total. The van der Waals surface area contributed by atoms with Crippen molar-refractivity contribution in [1.82, 2.24) is 19.2 Å². The SMILES string of the molecule is Cc1nn2c(=O)n(Cc3ccccc3)c([C@H](Br)C(C)C)nc2c1Cl.